The third kappa shape index (κ3) is 13.9. The van der Waals surface area contributed by atoms with Gasteiger partial charge >= 0.3 is 5.97 Å². The fourth-order valence-electron chi connectivity index (χ4n) is 7.63. The van der Waals surface area contributed by atoms with E-state index in [1.807, 2.05) is 39.0 Å². The average molecular weight is 917 g/mol. The van der Waals surface area contributed by atoms with Crippen LogP contribution in [0.15, 0.2) is 12.1 Å². The molecule has 0 spiro atoms. The van der Waals surface area contributed by atoms with Crippen LogP contribution in [0.5, 0.6) is 11.5 Å². The molecule has 4 heterocycles. The molecule has 0 saturated heterocycles. The molecular formula is C52H81FO4S4. The zero-order valence-corrected chi connectivity index (χ0v) is 43.7. The third-order valence-corrected chi connectivity index (χ3v) is 16.6. The number of esters is 1. The van der Waals surface area contributed by atoms with Crippen molar-refractivity contribution in [3.63, 3.8) is 0 Å². The van der Waals surface area contributed by atoms with Crippen molar-refractivity contribution < 1.29 is 23.4 Å². The standard InChI is InChI=1S/C48H69FO4S4.2C2H6/c1-10-16-19-20-21-22-26-51-47(50)45-38(49)37-44(56-45)43(57-46(37)48(7,8)9)36-28-35-40(53-30-32(15-6)25-18-12-3)41-34(27-33(54-41)23-13-4)39(42(35)55-36)52-29-31(14-5)24-17-11-2;2*1-2/h27-28,31-32H,10-26,29-30H2,1-9H3;2*1-2H3. The number of hydrogen-bond acceptors (Lipinski definition) is 8. The summed E-state index contributed by atoms with van der Waals surface area (Å²) in [6, 6.07) is 4.62. The highest BCUT2D eigenvalue weighted by Crippen LogP contribution is 2.55. The van der Waals surface area contributed by atoms with Crippen LogP contribution in [0.1, 0.15) is 206 Å². The lowest BCUT2D eigenvalue weighted by molar-refractivity contribution is 0.0499. The Morgan fingerprint density at radius 1 is 0.656 bits per heavy atom. The van der Waals surface area contributed by atoms with Gasteiger partial charge in [0.05, 0.1) is 38.8 Å². The van der Waals surface area contributed by atoms with Crippen LogP contribution in [-0.2, 0) is 16.6 Å². The number of aryl methyl sites for hydroxylation is 1. The van der Waals surface area contributed by atoms with E-state index < -0.39 is 11.8 Å². The fourth-order valence-corrected chi connectivity index (χ4v) is 12.8. The Morgan fingerprint density at radius 2 is 1.20 bits per heavy atom. The molecule has 2 atom stereocenters. The highest BCUT2D eigenvalue weighted by Gasteiger charge is 2.32. The normalized spacial score (nSPS) is 12.6. The minimum atomic E-state index is -0.550. The second-order valence-electron chi connectivity index (χ2n) is 17.0. The first-order valence-corrected chi connectivity index (χ1v) is 27.5. The monoisotopic (exact) mass is 917 g/mol. The maximum Gasteiger partial charge on any atom is 0.351 e. The molecule has 4 nitrogen and oxygen atoms in total. The van der Waals surface area contributed by atoms with Gasteiger partial charge in [0.15, 0.2) is 5.82 Å². The van der Waals surface area contributed by atoms with E-state index in [-0.39, 0.29) is 10.3 Å². The minimum absolute atomic E-state index is 0.0824. The van der Waals surface area contributed by atoms with Gasteiger partial charge in [0.1, 0.15) is 16.4 Å². The van der Waals surface area contributed by atoms with Crippen LogP contribution in [0.4, 0.5) is 4.39 Å². The van der Waals surface area contributed by atoms with Crippen molar-refractivity contribution in [2.45, 2.75) is 198 Å². The molecule has 0 radical (unpaired) electrons. The fraction of sp³-hybridized carbons (Fsp3) is 0.673. The number of thiophene rings is 4. The van der Waals surface area contributed by atoms with Crippen molar-refractivity contribution in [1.82, 2.24) is 0 Å². The first kappa shape index (κ1) is 53.1. The second-order valence-corrected chi connectivity index (χ2v) is 21.3. The minimum Gasteiger partial charge on any atom is -0.491 e. The lowest BCUT2D eigenvalue weighted by Gasteiger charge is -2.19. The Hall–Kier alpha value is -2.20. The SMILES string of the molecule is CC.CC.CCCCCCCCOC(=O)c1sc2c(-c3cc4c(OCC(CC)CCCC)c5sc(CCC)cc5c(OCC(CC)CCCC)c4s3)sc(C(C)(C)C)c2c1F. The Morgan fingerprint density at radius 3 is 1.74 bits per heavy atom. The molecule has 0 N–H and O–H groups in total. The summed E-state index contributed by atoms with van der Waals surface area (Å²) in [7, 11) is 0. The Labute approximate surface area is 386 Å². The topological polar surface area (TPSA) is 44.8 Å². The zero-order chi connectivity index (χ0) is 45.1. The van der Waals surface area contributed by atoms with Gasteiger partial charge in [-0.15, -0.1) is 45.3 Å². The van der Waals surface area contributed by atoms with Crippen LogP contribution in [0.2, 0.25) is 0 Å². The summed E-state index contributed by atoms with van der Waals surface area (Å²) in [6.07, 6.45) is 17.9. The summed E-state index contributed by atoms with van der Waals surface area (Å²) >= 11 is 6.48. The van der Waals surface area contributed by atoms with Gasteiger partial charge < -0.3 is 14.2 Å². The Bertz CT molecular complexity index is 1950. The average Bonchev–Trinajstić information content (AvgIpc) is 4.05. The number of benzene rings is 1. The van der Waals surface area contributed by atoms with Gasteiger partial charge in [-0.25, -0.2) is 9.18 Å². The predicted molar refractivity (Wildman–Crippen MR) is 273 cm³/mol. The molecule has 4 aromatic heterocycles. The van der Waals surface area contributed by atoms with Crippen LogP contribution in [0.25, 0.3) is 40.0 Å². The first-order valence-electron chi connectivity index (χ1n) is 24.2. The molecule has 1 aromatic carbocycles. The number of carbonyl (C=O) groups is 1. The van der Waals surface area contributed by atoms with E-state index in [4.69, 9.17) is 14.2 Å². The van der Waals surface area contributed by atoms with E-state index in [0.717, 1.165) is 104 Å². The van der Waals surface area contributed by atoms with Crippen LogP contribution < -0.4 is 9.47 Å². The van der Waals surface area contributed by atoms with Gasteiger partial charge in [0, 0.05) is 30.8 Å². The Kier molecular flexibility index (Phi) is 23.7. The van der Waals surface area contributed by atoms with Gasteiger partial charge in [-0.05, 0) is 55.1 Å². The third-order valence-electron chi connectivity index (χ3n) is 11.2. The number of ether oxygens (including phenoxy) is 3. The Balaban J connectivity index is 0.00000241. The van der Waals surface area contributed by atoms with Gasteiger partial charge in [-0.3, -0.25) is 0 Å². The summed E-state index contributed by atoms with van der Waals surface area (Å²) in [6.45, 7) is 29.6. The number of rotatable bonds is 25. The molecule has 5 aromatic rings. The second kappa shape index (κ2) is 27.2. The number of unbranched alkanes of at least 4 members (excludes halogenated alkanes) is 7. The van der Waals surface area contributed by atoms with Crippen LogP contribution >= 0.6 is 45.3 Å². The molecule has 0 bridgehead atoms. The van der Waals surface area contributed by atoms with Crippen molar-refractivity contribution in [2.75, 3.05) is 19.8 Å². The smallest absolute Gasteiger partial charge is 0.351 e. The number of halogens is 1. The molecule has 0 aliphatic rings. The number of hydrogen-bond donors (Lipinski definition) is 0. The van der Waals surface area contributed by atoms with Crippen molar-refractivity contribution >= 4 is 81.6 Å². The summed E-state index contributed by atoms with van der Waals surface area (Å²) in [5.74, 6) is 1.89. The molecule has 61 heavy (non-hydrogen) atoms. The maximum atomic E-state index is 16.6. The summed E-state index contributed by atoms with van der Waals surface area (Å²) in [5, 5.41) is 2.79. The van der Waals surface area contributed by atoms with Crippen LogP contribution in [0, 0.1) is 17.7 Å². The molecule has 344 valence electrons. The number of fused-ring (bicyclic) bond motifs is 3. The van der Waals surface area contributed by atoms with E-state index in [1.54, 1.807) is 22.7 Å². The lowest BCUT2D eigenvalue weighted by atomic mass is 9.92. The van der Waals surface area contributed by atoms with Crippen molar-refractivity contribution in [3.05, 3.63) is 32.6 Å². The van der Waals surface area contributed by atoms with Crippen molar-refractivity contribution in [3.8, 4) is 21.3 Å². The highest BCUT2D eigenvalue weighted by atomic mass is 32.1. The molecule has 0 saturated carbocycles. The predicted octanol–water partition coefficient (Wildman–Crippen LogP) is 19.2. The largest absolute Gasteiger partial charge is 0.491 e. The molecule has 5 rings (SSSR count). The molecule has 0 fully saturated rings. The van der Waals surface area contributed by atoms with Crippen molar-refractivity contribution in [1.29, 1.82) is 0 Å². The first-order chi connectivity index (χ1) is 29.5. The lowest BCUT2D eigenvalue weighted by Crippen LogP contribution is -2.12. The van der Waals surface area contributed by atoms with Gasteiger partial charge in [-0.1, -0.05) is 167 Å². The number of carbonyl (C=O) groups excluding carboxylic acids is 1. The quantitative estimate of drug-likeness (QED) is 0.0432. The van der Waals surface area contributed by atoms with E-state index in [1.165, 1.54) is 65.9 Å². The molecule has 0 amide bonds. The molecule has 0 aliphatic heterocycles. The van der Waals surface area contributed by atoms with Crippen LogP contribution in [-0.4, -0.2) is 25.8 Å². The van der Waals surface area contributed by atoms with Gasteiger partial charge in [-0.2, -0.15) is 0 Å². The summed E-state index contributed by atoms with van der Waals surface area (Å²) in [4.78, 5) is 17.9. The van der Waals surface area contributed by atoms with E-state index in [0.29, 0.717) is 37.0 Å². The van der Waals surface area contributed by atoms with Crippen LogP contribution in [0.3, 0.4) is 0 Å². The maximum absolute atomic E-state index is 16.6. The molecule has 2 unspecified atom stereocenters. The van der Waals surface area contributed by atoms with E-state index in [2.05, 4.69) is 74.4 Å². The van der Waals surface area contributed by atoms with E-state index in [9.17, 15) is 4.79 Å². The van der Waals surface area contributed by atoms with Gasteiger partial charge in [0.2, 0.25) is 0 Å². The summed E-state index contributed by atoms with van der Waals surface area (Å²) in [5.41, 5.74) is -0.318. The zero-order valence-electron chi connectivity index (χ0n) is 40.4. The highest BCUT2D eigenvalue weighted by molar-refractivity contribution is 7.31. The van der Waals surface area contributed by atoms with E-state index >= 15 is 4.39 Å². The molecule has 0 aliphatic carbocycles. The molecule has 9 heteroatoms. The van der Waals surface area contributed by atoms with Gasteiger partial charge in [0.25, 0.3) is 0 Å². The van der Waals surface area contributed by atoms with Crippen molar-refractivity contribution in [2.24, 2.45) is 11.8 Å². The summed E-state index contributed by atoms with van der Waals surface area (Å²) < 4.78 is 39.4. The molecular weight excluding hydrogens is 836 g/mol.